The van der Waals surface area contributed by atoms with E-state index in [4.69, 9.17) is 10.7 Å². The zero-order valence-corrected chi connectivity index (χ0v) is 20.3. The second-order valence-corrected chi connectivity index (χ2v) is 7.34. The van der Waals surface area contributed by atoms with Gasteiger partial charge in [0.2, 0.25) is 5.91 Å². The van der Waals surface area contributed by atoms with Crippen molar-refractivity contribution in [3.05, 3.63) is 54.0 Å². The summed E-state index contributed by atoms with van der Waals surface area (Å²) in [6.07, 6.45) is 5.99. The monoisotopic (exact) mass is 537 g/mol. The fraction of sp³-hybridized carbons (Fsp3) is 0.455. The number of hydrogen-bond donors (Lipinski definition) is 3. The average Bonchev–Trinajstić information content (AvgIpc) is 2.78. The molecule has 1 amide bonds. The van der Waals surface area contributed by atoms with Gasteiger partial charge in [0.05, 0.1) is 6.54 Å². The molecule has 168 valence electrons. The highest BCUT2D eigenvalue weighted by molar-refractivity contribution is 14.0. The minimum Gasteiger partial charge on any atom is -0.369 e. The predicted molar refractivity (Wildman–Crippen MR) is 135 cm³/mol. The third kappa shape index (κ3) is 7.64. The van der Waals surface area contributed by atoms with Gasteiger partial charge in [0.1, 0.15) is 5.82 Å². The molecule has 2 aromatic heterocycles. The minimum absolute atomic E-state index is 0. The van der Waals surface area contributed by atoms with E-state index in [9.17, 15) is 4.79 Å². The lowest BCUT2D eigenvalue weighted by molar-refractivity contribution is -0.122. The first-order chi connectivity index (χ1) is 14.7. The normalized spacial score (nSPS) is 14.6. The third-order valence-electron chi connectivity index (χ3n) is 5.22. The number of amides is 1. The Morgan fingerprint density at radius 3 is 2.61 bits per heavy atom. The van der Waals surface area contributed by atoms with E-state index in [1.54, 1.807) is 6.20 Å². The number of nitrogens with one attached hydrogen (secondary N) is 2. The molecule has 0 aliphatic carbocycles. The molecule has 0 unspecified atom stereocenters. The standard InChI is InChI=1S/C22H31N7O.HI/c1-2-24-22(27-13-8-19-7-3-4-11-25-19)28-16-18-6-5-12-26-21(18)29-14-9-17(10-15-29)20(23)30;/h3-7,11-12,17H,2,8-10,13-16H2,1H3,(H2,23,30)(H2,24,27,28);1H. The van der Waals surface area contributed by atoms with Crippen molar-refractivity contribution in [2.24, 2.45) is 16.6 Å². The summed E-state index contributed by atoms with van der Waals surface area (Å²) in [7, 11) is 0. The second-order valence-electron chi connectivity index (χ2n) is 7.34. The van der Waals surface area contributed by atoms with Crippen LogP contribution in [0.15, 0.2) is 47.7 Å². The number of carbonyl (C=O) groups excluding carboxylic acids is 1. The van der Waals surface area contributed by atoms with Gasteiger partial charge in [-0.3, -0.25) is 9.78 Å². The van der Waals surface area contributed by atoms with E-state index in [-0.39, 0.29) is 35.8 Å². The van der Waals surface area contributed by atoms with Crippen molar-refractivity contribution >= 4 is 41.7 Å². The van der Waals surface area contributed by atoms with Crippen molar-refractivity contribution in [2.45, 2.75) is 32.7 Å². The molecule has 0 aromatic carbocycles. The number of aliphatic imine (C=N–C) groups is 1. The van der Waals surface area contributed by atoms with Crippen LogP contribution in [-0.4, -0.2) is 48.0 Å². The fourth-order valence-corrected chi connectivity index (χ4v) is 3.58. The SMILES string of the molecule is CCNC(=NCc1cccnc1N1CCC(C(N)=O)CC1)NCCc1ccccn1.I. The molecule has 0 spiro atoms. The van der Waals surface area contributed by atoms with Crippen LogP contribution in [0.2, 0.25) is 0 Å². The first kappa shape index (κ1) is 24.8. The van der Waals surface area contributed by atoms with Gasteiger partial charge in [-0.2, -0.15) is 0 Å². The number of rotatable bonds is 8. The van der Waals surface area contributed by atoms with Gasteiger partial charge < -0.3 is 21.3 Å². The molecular formula is C22H32IN7O. The minimum atomic E-state index is -0.201. The summed E-state index contributed by atoms with van der Waals surface area (Å²) < 4.78 is 0. The largest absolute Gasteiger partial charge is 0.369 e. The summed E-state index contributed by atoms with van der Waals surface area (Å²) in [6.45, 7) is 5.68. The number of nitrogens with zero attached hydrogens (tertiary/aromatic N) is 4. The van der Waals surface area contributed by atoms with Crippen LogP contribution in [0.4, 0.5) is 5.82 Å². The number of halogens is 1. The summed E-state index contributed by atoms with van der Waals surface area (Å²) in [5, 5.41) is 6.66. The molecule has 3 heterocycles. The van der Waals surface area contributed by atoms with Crippen LogP contribution in [-0.2, 0) is 17.8 Å². The lowest BCUT2D eigenvalue weighted by Crippen LogP contribution is -2.39. The highest BCUT2D eigenvalue weighted by Gasteiger charge is 2.24. The second kappa shape index (κ2) is 13.1. The Morgan fingerprint density at radius 1 is 1.16 bits per heavy atom. The quantitative estimate of drug-likeness (QED) is 0.271. The molecule has 1 fully saturated rings. The number of aromatic nitrogens is 2. The Bertz CT molecular complexity index is 839. The van der Waals surface area contributed by atoms with Gasteiger partial charge in [0, 0.05) is 62.2 Å². The molecule has 4 N–H and O–H groups in total. The van der Waals surface area contributed by atoms with Crippen LogP contribution in [0.3, 0.4) is 0 Å². The summed E-state index contributed by atoms with van der Waals surface area (Å²) in [6, 6.07) is 9.94. The number of hydrogen-bond acceptors (Lipinski definition) is 5. The molecule has 8 nitrogen and oxygen atoms in total. The number of guanidine groups is 1. The molecule has 1 aliphatic rings. The zero-order chi connectivity index (χ0) is 21.2. The smallest absolute Gasteiger partial charge is 0.220 e. The Labute approximate surface area is 201 Å². The number of pyridine rings is 2. The number of anilines is 1. The van der Waals surface area contributed by atoms with Crippen molar-refractivity contribution in [1.29, 1.82) is 0 Å². The lowest BCUT2D eigenvalue weighted by Gasteiger charge is -2.32. The molecule has 0 radical (unpaired) electrons. The van der Waals surface area contributed by atoms with Crippen LogP contribution in [0.1, 0.15) is 31.0 Å². The van der Waals surface area contributed by atoms with Gasteiger partial charge in [-0.05, 0) is 38.0 Å². The van der Waals surface area contributed by atoms with Crippen LogP contribution in [0.25, 0.3) is 0 Å². The molecule has 0 saturated carbocycles. The van der Waals surface area contributed by atoms with Crippen molar-refractivity contribution in [1.82, 2.24) is 20.6 Å². The Kier molecular flexibility index (Phi) is 10.5. The highest BCUT2D eigenvalue weighted by Crippen LogP contribution is 2.24. The van der Waals surface area contributed by atoms with Gasteiger partial charge in [0.25, 0.3) is 0 Å². The molecule has 9 heteroatoms. The molecule has 3 rings (SSSR count). The maximum atomic E-state index is 11.4. The molecular weight excluding hydrogens is 505 g/mol. The van der Waals surface area contributed by atoms with Gasteiger partial charge in [-0.25, -0.2) is 9.98 Å². The first-order valence-corrected chi connectivity index (χ1v) is 10.6. The van der Waals surface area contributed by atoms with Crippen molar-refractivity contribution in [2.75, 3.05) is 31.1 Å². The van der Waals surface area contributed by atoms with Crippen molar-refractivity contribution < 1.29 is 4.79 Å². The van der Waals surface area contributed by atoms with Crippen LogP contribution in [0, 0.1) is 5.92 Å². The molecule has 2 aromatic rings. The number of piperidine rings is 1. The van der Waals surface area contributed by atoms with E-state index in [2.05, 4.69) is 31.6 Å². The molecule has 0 bridgehead atoms. The summed E-state index contributed by atoms with van der Waals surface area (Å²) in [4.78, 5) is 27.3. The topological polar surface area (TPSA) is 109 Å². The maximum absolute atomic E-state index is 11.4. The van der Waals surface area contributed by atoms with Gasteiger partial charge in [0.15, 0.2) is 5.96 Å². The molecule has 1 aliphatic heterocycles. The van der Waals surface area contributed by atoms with Gasteiger partial charge >= 0.3 is 0 Å². The van der Waals surface area contributed by atoms with E-state index >= 15 is 0 Å². The maximum Gasteiger partial charge on any atom is 0.220 e. The van der Waals surface area contributed by atoms with E-state index in [1.807, 2.05) is 37.4 Å². The fourth-order valence-electron chi connectivity index (χ4n) is 3.58. The van der Waals surface area contributed by atoms with Crippen molar-refractivity contribution in [3.63, 3.8) is 0 Å². The summed E-state index contributed by atoms with van der Waals surface area (Å²) in [5.74, 6) is 1.48. The van der Waals surface area contributed by atoms with Gasteiger partial charge in [-0.1, -0.05) is 12.1 Å². The number of primary amides is 1. The average molecular weight is 537 g/mol. The number of carbonyl (C=O) groups is 1. The van der Waals surface area contributed by atoms with Crippen LogP contribution >= 0.6 is 24.0 Å². The molecule has 0 atom stereocenters. The Hall–Kier alpha value is -2.43. The van der Waals surface area contributed by atoms with E-state index < -0.39 is 0 Å². The Balaban J connectivity index is 0.00000341. The van der Waals surface area contributed by atoms with Crippen LogP contribution < -0.4 is 21.3 Å². The molecule has 1 saturated heterocycles. The van der Waals surface area contributed by atoms with Gasteiger partial charge in [-0.15, -0.1) is 24.0 Å². The summed E-state index contributed by atoms with van der Waals surface area (Å²) >= 11 is 0. The van der Waals surface area contributed by atoms with E-state index in [1.165, 1.54) is 0 Å². The third-order valence-corrected chi connectivity index (χ3v) is 5.22. The summed E-state index contributed by atoms with van der Waals surface area (Å²) in [5.41, 5.74) is 7.58. The number of nitrogens with two attached hydrogens (primary N) is 1. The van der Waals surface area contributed by atoms with Crippen molar-refractivity contribution in [3.8, 4) is 0 Å². The van der Waals surface area contributed by atoms with E-state index in [0.717, 1.165) is 68.5 Å². The predicted octanol–water partition coefficient (Wildman–Crippen LogP) is 2.09. The lowest BCUT2D eigenvalue weighted by atomic mass is 9.96. The first-order valence-electron chi connectivity index (χ1n) is 10.6. The highest BCUT2D eigenvalue weighted by atomic mass is 127. The molecule has 31 heavy (non-hydrogen) atoms. The van der Waals surface area contributed by atoms with Crippen LogP contribution in [0.5, 0.6) is 0 Å². The Morgan fingerprint density at radius 2 is 1.94 bits per heavy atom. The zero-order valence-electron chi connectivity index (χ0n) is 18.0. The van der Waals surface area contributed by atoms with E-state index in [0.29, 0.717) is 6.54 Å².